The maximum absolute atomic E-state index is 11.5. The first-order chi connectivity index (χ1) is 7.08. The minimum atomic E-state index is -0.628. The Hall–Kier alpha value is -0.600. The van der Waals surface area contributed by atoms with Crippen LogP contribution in [0.1, 0.15) is 6.42 Å². The first kappa shape index (κ1) is 14.4. The van der Waals surface area contributed by atoms with Crippen LogP contribution in [0.4, 0.5) is 4.79 Å². The van der Waals surface area contributed by atoms with E-state index in [0.29, 0.717) is 17.6 Å². The molecule has 0 saturated heterocycles. The molecule has 0 rings (SSSR count). The van der Waals surface area contributed by atoms with Gasteiger partial charge in [-0.2, -0.15) is 5.01 Å². The van der Waals surface area contributed by atoms with Crippen molar-refractivity contribution in [1.82, 2.24) is 15.4 Å². The van der Waals surface area contributed by atoms with Gasteiger partial charge in [0.25, 0.3) is 0 Å². The second kappa shape index (κ2) is 7.66. The lowest BCUT2D eigenvalue weighted by Crippen LogP contribution is -2.52. The first-order valence-electron chi connectivity index (χ1n) is 4.32. The Balaban J connectivity index is 4.26. The first-order valence-corrected chi connectivity index (χ1v) is 4.86. The Morgan fingerprint density at radius 1 is 1.40 bits per heavy atom. The Kier molecular flexibility index (Phi) is 7.35. The molecule has 15 heavy (non-hydrogen) atoms. The molecule has 0 aliphatic rings. The number of carbonyl (C=O) groups excluding carboxylic acids is 1. The van der Waals surface area contributed by atoms with Gasteiger partial charge < -0.3 is 0 Å². The Morgan fingerprint density at radius 3 is 2.40 bits per heavy atom. The maximum Gasteiger partial charge on any atom is 0.398 e. The number of nitrogens with two attached hydrogens (primary N) is 1. The second-order valence-electron chi connectivity index (χ2n) is 2.67. The summed E-state index contributed by atoms with van der Waals surface area (Å²) >= 11 is 5.53. The monoisotopic (exact) mass is 240 g/mol. The number of hydroxylamine groups is 2. The molecule has 0 aromatic carbocycles. The maximum atomic E-state index is 11.5. The van der Waals surface area contributed by atoms with E-state index in [9.17, 15) is 4.79 Å². The summed E-state index contributed by atoms with van der Waals surface area (Å²) < 4.78 is 0. The Morgan fingerprint density at radius 2 is 2.00 bits per heavy atom. The molecule has 0 spiro atoms. The molecule has 0 saturated carbocycles. The number of hydrogen-bond acceptors (Lipinski definition) is 5. The number of alkyl halides is 1. The van der Waals surface area contributed by atoms with Crippen molar-refractivity contribution in [3.8, 4) is 0 Å². The van der Waals surface area contributed by atoms with Crippen molar-refractivity contribution in [2.45, 2.75) is 6.42 Å². The highest BCUT2D eigenvalue weighted by Crippen LogP contribution is 2.01. The molecule has 0 aliphatic heterocycles. The Labute approximate surface area is 94.1 Å². The standard InChI is InChI=1S/C7H17ClN4O3/c1-10(6-4-5-8)12(15-3)7(13)11(9)14-2/h4-6,9H2,1-3H3. The third-order valence-electron chi connectivity index (χ3n) is 1.65. The summed E-state index contributed by atoms with van der Waals surface area (Å²) in [6.45, 7) is 0.570. The van der Waals surface area contributed by atoms with Crippen LogP contribution in [0.15, 0.2) is 0 Å². The zero-order chi connectivity index (χ0) is 11.8. The number of hydrogen-bond donors (Lipinski definition) is 1. The summed E-state index contributed by atoms with van der Waals surface area (Å²) in [4.78, 5) is 20.9. The van der Waals surface area contributed by atoms with Crippen molar-refractivity contribution < 1.29 is 14.5 Å². The molecule has 0 aromatic rings. The molecule has 0 bridgehead atoms. The lowest BCUT2D eigenvalue weighted by Gasteiger charge is -2.30. The number of amides is 2. The molecular weight excluding hydrogens is 224 g/mol. The van der Waals surface area contributed by atoms with Gasteiger partial charge in [-0.05, 0) is 6.42 Å². The van der Waals surface area contributed by atoms with Crippen molar-refractivity contribution in [2.24, 2.45) is 5.84 Å². The zero-order valence-electron chi connectivity index (χ0n) is 9.14. The predicted octanol–water partition coefficient (Wildman–Crippen LogP) is 0.183. The van der Waals surface area contributed by atoms with Crippen LogP contribution < -0.4 is 5.84 Å². The van der Waals surface area contributed by atoms with Gasteiger partial charge in [0.1, 0.15) is 0 Å². The fraction of sp³-hybridized carbons (Fsp3) is 0.857. The molecule has 0 fully saturated rings. The summed E-state index contributed by atoms with van der Waals surface area (Å²) in [5.41, 5.74) is 0. The van der Waals surface area contributed by atoms with Crippen molar-refractivity contribution in [3.63, 3.8) is 0 Å². The number of urea groups is 1. The highest BCUT2D eigenvalue weighted by molar-refractivity contribution is 6.17. The third-order valence-corrected chi connectivity index (χ3v) is 1.91. The van der Waals surface area contributed by atoms with E-state index in [0.717, 1.165) is 11.6 Å². The summed E-state index contributed by atoms with van der Waals surface area (Å²) in [7, 11) is 4.32. The summed E-state index contributed by atoms with van der Waals surface area (Å²) in [5, 5.41) is 3.10. The molecule has 90 valence electrons. The Bertz CT molecular complexity index is 195. The minimum Gasteiger partial charge on any atom is -0.257 e. The van der Waals surface area contributed by atoms with Crippen LogP contribution >= 0.6 is 11.6 Å². The number of halogens is 1. The largest absolute Gasteiger partial charge is 0.398 e. The zero-order valence-corrected chi connectivity index (χ0v) is 9.90. The molecule has 0 atom stereocenters. The van der Waals surface area contributed by atoms with Crippen LogP contribution in [-0.4, -0.2) is 55.1 Å². The van der Waals surface area contributed by atoms with E-state index in [1.54, 1.807) is 12.1 Å². The van der Waals surface area contributed by atoms with Gasteiger partial charge in [0.2, 0.25) is 0 Å². The SMILES string of the molecule is CON(N)C(=O)N(OC)N(C)CCCCl. The topological polar surface area (TPSA) is 71.3 Å². The molecule has 0 unspecified atom stereocenters. The number of hydrazine groups is 2. The summed E-state index contributed by atoms with van der Waals surface area (Å²) in [6, 6.07) is -0.628. The van der Waals surface area contributed by atoms with Gasteiger partial charge in [0.05, 0.1) is 14.2 Å². The highest BCUT2D eigenvalue weighted by atomic mass is 35.5. The van der Waals surface area contributed by atoms with E-state index in [2.05, 4.69) is 4.84 Å². The van der Waals surface area contributed by atoms with Gasteiger partial charge in [-0.25, -0.2) is 10.6 Å². The number of rotatable bonds is 6. The molecule has 0 heterocycles. The van der Waals surface area contributed by atoms with Gasteiger partial charge >= 0.3 is 6.03 Å². The fourth-order valence-electron chi connectivity index (χ4n) is 0.905. The van der Waals surface area contributed by atoms with Crippen LogP contribution in [0.3, 0.4) is 0 Å². The van der Waals surface area contributed by atoms with Gasteiger partial charge in [0, 0.05) is 19.5 Å². The van der Waals surface area contributed by atoms with Gasteiger partial charge in [-0.1, -0.05) is 0 Å². The van der Waals surface area contributed by atoms with E-state index in [-0.39, 0.29) is 0 Å². The lowest BCUT2D eigenvalue weighted by atomic mass is 10.5. The third kappa shape index (κ3) is 4.63. The van der Waals surface area contributed by atoms with Crippen molar-refractivity contribution in [1.29, 1.82) is 0 Å². The fourth-order valence-corrected chi connectivity index (χ4v) is 1.02. The quantitative estimate of drug-likeness (QED) is 0.310. The van der Waals surface area contributed by atoms with Crippen LogP contribution in [0.2, 0.25) is 0 Å². The van der Waals surface area contributed by atoms with Gasteiger partial charge in [-0.15, -0.1) is 21.9 Å². The van der Waals surface area contributed by atoms with E-state index < -0.39 is 6.03 Å². The van der Waals surface area contributed by atoms with E-state index in [1.807, 2.05) is 0 Å². The van der Waals surface area contributed by atoms with Crippen molar-refractivity contribution >= 4 is 17.6 Å². The van der Waals surface area contributed by atoms with Crippen molar-refractivity contribution in [3.05, 3.63) is 0 Å². The number of nitrogens with zero attached hydrogens (tertiary/aromatic N) is 3. The van der Waals surface area contributed by atoms with E-state index in [4.69, 9.17) is 22.3 Å². The molecular formula is C7H17ClN4O3. The van der Waals surface area contributed by atoms with Gasteiger partial charge in [0.15, 0.2) is 0 Å². The molecule has 2 N–H and O–H groups in total. The van der Waals surface area contributed by atoms with E-state index >= 15 is 0 Å². The lowest BCUT2D eigenvalue weighted by molar-refractivity contribution is -0.240. The number of carbonyl (C=O) groups is 1. The highest BCUT2D eigenvalue weighted by Gasteiger charge is 2.22. The van der Waals surface area contributed by atoms with Crippen LogP contribution in [0.5, 0.6) is 0 Å². The van der Waals surface area contributed by atoms with Crippen LogP contribution in [0.25, 0.3) is 0 Å². The normalized spacial score (nSPS) is 10.5. The average molecular weight is 241 g/mol. The van der Waals surface area contributed by atoms with Crippen LogP contribution in [-0.2, 0) is 9.68 Å². The predicted molar refractivity (Wildman–Crippen MR) is 55.2 cm³/mol. The minimum absolute atomic E-state index is 0.507. The molecule has 0 radical (unpaired) electrons. The summed E-state index contributed by atoms with van der Waals surface area (Å²) in [5.74, 6) is 5.75. The molecule has 0 aliphatic carbocycles. The van der Waals surface area contributed by atoms with Crippen molar-refractivity contribution in [2.75, 3.05) is 33.7 Å². The summed E-state index contributed by atoms with van der Waals surface area (Å²) in [6.07, 6.45) is 0.725. The molecule has 8 heteroatoms. The molecule has 7 nitrogen and oxygen atoms in total. The van der Waals surface area contributed by atoms with Gasteiger partial charge in [-0.3, -0.25) is 9.68 Å². The molecule has 2 amide bonds. The average Bonchev–Trinajstić information content (AvgIpc) is 2.25. The van der Waals surface area contributed by atoms with Crippen LogP contribution in [0, 0.1) is 0 Å². The second-order valence-corrected chi connectivity index (χ2v) is 3.05. The molecule has 0 aromatic heterocycles. The van der Waals surface area contributed by atoms with E-state index in [1.165, 1.54) is 14.2 Å². The smallest absolute Gasteiger partial charge is 0.257 e.